The smallest absolute Gasteiger partial charge is 0.318 e. The van der Waals surface area contributed by atoms with Crippen LogP contribution in [0.3, 0.4) is 0 Å². The van der Waals surface area contributed by atoms with E-state index in [9.17, 15) is 14.4 Å². The second-order valence-corrected chi connectivity index (χ2v) is 9.62. The molecule has 0 radical (unpaired) electrons. The molecule has 0 unspecified atom stereocenters. The monoisotopic (exact) mass is 416 g/mol. The van der Waals surface area contributed by atoms with Crippen LogP contribution in [0.2, 0.25) is 0 Å². The van der Waals surface area contributed by atoms with Crippen molar-refractivity contribution in [2.45, 2.75) is 84.0 Å². The SMILES string of the molecule is CCOC(=O)[C@]12CCCC3=C1N(CCC3)C(=O)[C@@H](CC(=O)NCC1CCCCC1)C2. The van der Waals surface area contributed by atoms with Crippen molar-refractivity contribution in [3.05, 3.63) is 11.3 Å². The first-order valence-electron chi connectivity index (χ1n) is 12.0. The minimum Gasteiger partial charge on any atom is -0.465 e. The zero-order chi connectivity index (χ0) is 21.1. The van der Waals surface area contributed by atoms with E-state index in [-0.39, 0.29) is 24.2 Å². The molecule has 4 rings (SSSR count). The molecular weight excluding hydrogens is 380 g/mol. The summed E-state index contributed by atoms with van der Waals surface area (Å²) in [5, 5.41) is 3.08. The molecule has 166 valence electrons. The van der Waals surface area contributed by atoms with Crippen LogP contribution in [-0.4, -0.2) is 42.4 Å². The first kappa shape index (κ1) is 21.4. The summed E-state index contributed by atoms with van der Waals surface area (Å²) in [5.74, 6) is -0.116. The van der Waals surface area contributed by atoms with Gasteiger partial charge >= 0.3 is 5.97 Å². The molecule has 0 spiro atoms. The number of carbonyl (C=O) groups excluding carboxylic acids is 3. The van der Waals surface area contributed by atoms with Gasteiger partial charge in [-0.15, -0.1) is 0 Å². The fourth-order valence-corrected chi connectivity index (χ4v) is 6.24. The van der Waals surface area contributed by atoms with E-state index in [4.69, 9.17) is 4.74 Å². The summed E-state index contributed by atoms with van der Waals surface area (Å²) < 4.78 is 5.51. The summed E-state index contributed by atoms with van der Waals surface area (Å²) in [6.45, 7) is 3.53. The van der Waals surface area contributed by atoms with Crippen molar-refractivity contribution in [2.75, 3.05) is 19.7 Å². The van der Waals surface area contributed by atoms with Gasteiger partial charge in [-0.3, -0.25) is 14.4 Å². The molecule has 2 aliphatic carbocycles. The van der Waals surface area contributed by atoms with Crippen LogP contribution in [0.4, 0.5) is 0 Å². The Labute approximate surface area is 179 Å². The Morgan fingerprint density at radius 3 is 2.67 bits per heavy atom. The summed E-state index contributed by atoms with van der Waals surface area (Å²) in [4.78, 5) is 41.0. The highest BCUT2D eigenvalue weighted by molar-refractivity contribution is 5.92. The van der Waals surface area contributed by atoms with Crippen LogP contribution in [0.5, 0.6) is 0 Å². The Morgan fingerprint density at radius 1 is 1.13 bits per heavy atom. The molecule has 2 aliphatic heterocycles. The third-order valence-corrected chi connectivity index (χ3v) is 7.62. The Bertz CT molecular complexity index is 721. The Kier molecular flexibility index (Phi) is 6.49. The second kappa shape index (κ2) is 9.11. The summed E-state index contributed by atoms with van der Waals surface area (Å²) in [6, 6.07) is 0. The molecule has 0 aromatic heterocycles. The molecule has 0 bridgehead atoms. The first-order valence-corrected chi connectivity index (χ1v) is 12.0. The van der Waals surface area contributed by atoms with Crippen LogP contribution in [0.25, 0.3) is 0 Å². The second-order valence-electron chi connectivity index (χ2n) is 9.62. The van der Waals surface area contributed by atoms with Crippen molar-refractivity contribution in [3.63, 3.8) is 0 Å². The number of nitrogens with one attached hydrogen (secondary N) is 1. The molecule has 1 saturated heterocycles. The van der Waals surface area contributed by atoms with Gasteiger partial charge < -0.3 is 15.0 Å². The molecule has 0 aromatic rings. The number of amides is 2. The maximum absolute atomic E-state index is 13.3. The Morgan fingerprint density at radius 2 is 1.90 bits per heavy atom. The lowest BCUT2D eigenvalue weighted by Crippen LogP contribution is -2.56. The largest absolute Gasteiger partial charge is 0.465 e. The van der Waals surface area contributed by atoms with E-state index in [0.717, 1.165) is 31.4 Å². The fraction of sp³-hybridized carbons (Fsp3) is 0.792. The van der Waals surface area contributed by atoms with E-state index in [1.54, 1.807) is 0 Å². The van der Waals surface area contributed by atoms with E-state index >= 15 is 0 Å². The molecular formula is C24H36N2O4. The molecule has 6 heteroatoms. The van der Waals surface area contributed by atoms with Gasteiger partial charge in [-0.05, 0) is 69.8 Å². The van der Waals surface area contributed by atoms with Crippen molar-refractivity contribution in [3.8, 4) is 0 Å². The van der Waals surface area contributed by atoms with Gasteiger partial charge in [0.1, 0.15) is 5.41 Å². The lowest BCUT2D eigenvalue weighted by Gasteiger charge is -2.51. The van der Waals surface area contributed by atoms with Crippen LogP contribution in [0.15, 0.2) is 11.3 Å². The lowest BCUT2D eigenvalue weighted by atomic mass is 9.63. The minimum absolute atomic E-state index is 0.0249. The predicted octanol–water partition coefficient (Wildman–Crippen LogP) is 3.70. The third-order valence-electron chi connectivity index (χ3n) is 7.62. The van der Waals surface area contributed by atoms with Gasteiger partial charge in [0.2, 0.25) is 11.8 Å². The number of nitrogens with zero attached hydrogens (tertiary/aromatic N) is 1. The van der Waals surface area contributed by atoms with E-state index in [2.05, 4.69) is 5.32 Å². The summed E-state index contributed by atoms with van der Waals surface area (Å²) in [5.41, 5.74) is 1.45. The molecule has 30 heavy (non-hydrogen) atoms. The molecule has 0 aromatic carbocycles. The van der Waals surface area contributed by atoms with Crippen molar-refractivity contribution < 1.29 is 19.1 Å². The van der Waals surface area contributed by atoms with Crippen molar-refractivity contribution in [1.82, 2.24) is 10.2 Å². The van der Waals surface area contributed by atoms with E-state index in [1.165, 1.54) is 37.7 Å². The number of piperidine rings is 1. The standard InChI is InChI=1S/C24H36N2O4/c1-2-30-23(29)24-12-6-10-18-11-7-13-26(21(18)24)22(28)19(15-24)14-20(27)25-16-17-8-4-3-5-9-17/h17,19H,2-16H2,1H3,(H,25,27)/t19-,24-/m0/s1. The number of esters is 1. The van der Waals surface area contributed by atoms with Crippen LogP contribution in [0, 0.1) is 17.3 Å². The van der Waals surface area contributed by atoms with Gasteiger partial charge in [0.15, 0.2) is 0 Å². The van der Waals surface area contributed by atoms with Crippen molar-refractivity contribution in [1.29, 1.82) is 0 Å². The number of hydrogen-bond donors (Lipinski definition) is 1. The lowest BCUT2D eigenvalue weighted by molar-refractivity contribution is -0.162. The first-order chi connectivity index (χ1) is 14.5. The fourth-order valence-electron chi connectivity index (χ4n) is 6.24. The average molecular weight is 417 g/mol. The Balaban J connectivity index is 1.50. The van der Waals surface area contributed by atoms with Crippen LogP contribution in [0.1, 0.15) is 84.0 Å². The Hall–Kier alpha value is -1.85. The number of rotatable bonds is 6. The minimum atomic E-state index is -0.744. The molecule has 2 fully saturated rings. The van der Waals surface area contributed by atoms with Gasteiger partial charge in [-0.1, -0.05) is 19.3 Å². The van der Waals surface area contributed by atoms with E-state index in [0.29, 0.717) is 38.5 Å². The summed E-state index contributed by atoms with van der Waals surface area (Å²) in [6.07, 6.45) is 11.3. The maximum Gasteiger partial charge on any atom is 0.318 e. The molecule has 2 amide bonds. The molecule has 2 heterocycles. The van der Waals surface area contributed by atoms with Crippen LogP contribution >= 0.6 is 0 Å². The number of ether oxygens (including phenoxy) is 1. The highest BCUT2D eigenvalue weighted by Gasteiger charge is 2.56. The number of hydrogen-bond acceptors (Lipinski definition) is 4. The molecule has 1 saturated carbocycles. The predicted molar refractivity (Wildman–Crippen MR) is 113 cm³/mol. The van der Waals surface area contributed by atoms with Crippen LogP contribution in [-0.2, 0) is 19.1 Å². The van der Waals surface area contributed by atoms with Gasteiger partial charge in [0.05, 0.1) is 6.61 Å². The molecule has 2 atom stereocenters. The highest BCUT2D eigenvalue weighted by atomic mass is 16.5. The summed E-state index contributed by atoms with van der Waals surface area (Å²) >= 11 is 0. The van der Waals surface area contributed by atoms with E-state index < -0.39 is 11.3 Å². The zero-order valence-electron chi connectivity index (χ0n) is 18.3. The van der Waals surface area contributed by atoms with Crippen LogP contribution < -0.4 is 5.32 Å². The zero-order valence-corrected chi connectivity index (χ0v) is 18.3. The normalized spacial score (nSPS) is 29.4. The number of carbonyl (C=O) groups is 3. The summed E-state index contributed by atoms with van der Waals surface area (Å²) in [7, 11) is 0. The van der Waals surface area contributed by atoms with Gasteiger partial charge in [0, 0.05) is 31.1 Å². The molecule has 4 aliphatic rings. The molecule has 6 nitrogen and oxygen atoms in total. The van der Waals surface area contributed by atoms with Gasteiger partial charge in [-0.2, -0.15) is 0 Å². The average Bonchev–Trinajstić information content (AvgIpc) is 2.77. The topological polar surface area (TPSA) is 75.7 Å². The van der Waals surface area contributed by atoms with Crippen molar-refractivity contribution in [2.24, 2.45) is 17.3 Å². The van der Waals surface area contributed by atoms with Gasteiger partial charge in [-0.25, -0.2) is 0 Å². The van der Waals surface area contributed by atoms with Gasteiger partial charge in [0.25, 0.3) is 0 Å². The maximum atomic E-state index is 13.3. The van der Waals surface area contributed by atoms with Crippen molar-refractivity contribution >= 4 is 17.8 Å². The molecule has 1 N–H and O–H groups in total. The quantitative estimate of drug-likeness (QED) is 0.670. The van der Waals surface area contributed by atoms with E-state index in [1.807, 2.05) is 11.8 Å². The highest BCUT2D eigenvalue weighted by Crippen LogP contribution is 2.54. The number of allylic oxidation sites excluding steroid dienone is 1. The third kappa shape index (κ3) is 4.02.